The number of hydrogen-bond donors (Lipinski definition) is 1. The first-order valence-corrected chi connectivity index (χ1v) is 7.32. The van der Waals surface area contributed by atoms with Gasteiger partial charge in [-0.25, -0.2) is 4.39 Å². The molecule has 0 aliphatic rings. The number of hydrogen-bond acceptors (Lipinski definition) is 2. The molecule has 6 heteroatoms. The Morgan fingerprint density at radius 3 is 2.50 bits per heavy atom. The summed E-state index contributed by atoms with van der Waals surface area (Å²) in [6.07, 6.45) is 0.559. The minimum absolute atomic E-state index is 0.159. The van der Waals surface area contributed by atoms with Gasteiger partial charge < -0.3 is 10.1 Å². The Balaban J connectivity index is 2.00. The number of ether oxygens (including phenoxy) is 1. The van der Waals surface area contributed by atoms with Crippen molar-refractivity contribution in [3.05, 3.63) is 63.4 Å². The van der Waals surface area contributed by atoms with E-state index in [-0.39, 0.29) is 5.56 Å². The van der Waals surface area contributed by atoms with Gasteiger partial charge in [-0.2, -0.15) is 0 Å². The van der Waals surface area contributed by atoms with Crippen LogP contribution in [0.3, 0.4) is 0 Å². The normalized spacial score (nSPS) is 10.4. The zero-order chi connectivity index (χ0) is 16.1. The maximum atomic E-state index is 13.3. The van der Waals surface area contributed by atoms with Crippen molar-refractivity contribution in [2.24, 2.45) is 0 Å². The first-order valence-electron chi connectivity index (χ1n) is 6.56. The van der Waals surface area contributed by atoms with Crippen molar-refractivity contribution in [2.75, 3.05) is 13.7 Å². The molecule has 22 heavy (non-hydrogen) atoms. The molecule has 0 saturated carbocycles. The van der Waals surface area contributed by atoms with Crippen LogP contribution in [0.15, 0.2) is 36.4 Å². The summed E-state index contributed by atoms with van der Waals surface area (Å²) >= 11 is 11.8. The molecule has 0 radical (unpaired) electrons. The van der Waals surface area contributed by atoms with Crippen LogP contribution in [0.2, 0.25) is 10.0 Å². The van der Waals surface area contributed by atoms with E-state index in [1.54, 1.807) is 18.2 Å². The van der Waals surface area contributed by atoms with Gasteiger partial charge in [-0.3, -0.25) is 4.79 Å². The summed E-state index contributed by atoms with van der Waals surface area (Å²) in [5, 5.41) is 3.80. The van der Waals surface area contributed by atoms with Gasteiger partial charge in [0, 0.05) is 16.6 Å². The molecular weight excluding hydrogens is 328 g/mol. The Morgan fingerprint density at radius 1 is 1.18 bits per heavy atom. The lowest BCUT2D eigenvalue weighted by Gasteiger charge is -2.10. The van der Waals surface area contributed by atoms with Crippen LogP contribution in [-0.2, 0) is 6.42 Å². The quantitative estimate of drug-likeness (QED) is 0.888. The van der Waals surface area contributed by atoms with E-state index in [0.29, 0.717) is 28.8 Å². The first kappa shape index (κ1) is 16.6. The molecule has 2 rings (SSSR count). The number of nitrogens with one attached hydrogen (secondary N) is 1. The highest BCUT2D eigenvalue weighted by Crippen LogP contribution is 2.20. The molecule has 0 aromatic heterocycles. The fourth-order valence-electron chi connectivity index (χ4n) is 2.03. The van der Waals surface area contributed by atoms with Crippen molar-refractivity contribution < 1.29 is 13.9 Å². The molecule has 0 unspecified atom stereocenters. The second-order valence-electron chi connectivity index (χ2n) is 4.63. The summed E-state index contributed by atoms with van der Waals surface area (Å²) in [6.45, 7) is 0.370. The number of halogens is 3. The summed E-state index contributed by atoms with van der Waals surface area (Å²) in [5.74, 6) is -0.568. The largest absolute Gasteiger partial charge is 0.496 e. The second kappa shape index (κ2) is 7.47. The molecule has 0 aliphatic carbocycles. The molecule has 0 fully saturated rings. The van der Waals surface area contributed by atoms with Gasteiger partial charge in [-0.15, -0.1) is 0 Å². The third-order valence-electron chi connectivity index (χ3n) is 3.03. The molecule has 3 nitrogen and oxygen atoms in total. The molecule has 116 valence electrons. The topological polar surface area (TPSA) is 38.3 Å². The Morgan fingerprint density at radius 2 is 1.86 bits per heavy atom. The van der Waals surface area contributed by atoms with Crippen LogP contribution in [0.1, 0.15) is 15.9 Å². The molecule has 2 aromatic rings. The summed E-state index contributed by atoms with van der Waals surface area (Å²) in [7, 11) is 1.43. The SMILES string of the molecule is COc1ccc(F)cc1C(=O)NCCc1cc(Cl)cc(Cl)c1. The third-order valence-corrected chi connectivity index (χ3v) is 3.46. The van der Waals surface area contributed by atoms with Crippen LogP contribution in [0, 0.1) is 5.82 Å². The number of carbonyl (C=O) groups excluding carboxylic acids is 1. The molecule has 0 atom stereocenters. The highest BCUT2D eigenvalue weighted by atomic mass is 35.5. The predicted octanol–water partition coefficient (Wildman–Crippen LogP) is 4.11. The van der Waals surface area contributed by atoms with Crippen molar-refractivity contribution >= 4 is 29.1 Å². The number of rotatable bonds is 5. The smallest absolute Gasteiger partial charge is 0.255 e. The maximum Gasteiger partial charge on any atom is 0.255 e. The van der Waals surface area contributed by atoms with Gasteiger partial charge in [0.05, 0.1) is 12.7 Å². The van der Waals surface area contributed by atoms with E-state index >= 15 is 0 Å². The Hall–Kier alpha value is -1.78. The first-order chi connectivity index (χ1) is 10.5. The van der Waals surface area contributed by atoms with Crippen molar-refractivity contribution in [1.29, 1.82) is 0 Å². The molecule has 0 aliphatic heterocycles. The zero-order valence-corrected chi connectivity index (χ0v) is 13.3. The molecule has 1 amide bonds. The Labute approximate surface area is 138 Å². The maximum absolute atomic E-state index is 13.3. The van der Waals surface area contributed by atoms with Gasteiger partial charge in [0.25, 0.3) is 5.91 Å². The summed E-state index contributed by atoms with van der Waals surface area (Å²) in [6, 6.07) is 9.00. The molecule has 0 bridgehead atoms. The number of methoxy groups -OCH3 is 1. The summed E-state index contributed by atoms with van der Waals surface area (Å²) in [5.41, 5.74) is 1.07. The minimum atomic E-state index is -0.493. The molecule has 2 aromatic carbocycles. The number of amides is 1. The van der Waals surface area contributed by atoms with E-state index < -0.39 is 11.7 Å². The van der Waals surface area contributed by atoms with Crippen LogP contribution in [0.4, 0.5) is 4.39 Å². The Bertz CT molecular complexity index is 672. The lowest BCUT2D eigenvalue weighted by molar-refractivity contribution is 0.0950. The van der Waals surface area contributed by atoms with Crippen LogP contribution >= 0.6 is 23.2 Å². The molecule has 0 spiro atoms. The highest BCUT2D eigenvalue weighted by Gasteiger charge is 2.13. The summed E-state index contributed by atoms with van der Waals surface area (Å²) < 4.78 is 18.3. The number of carbonyl (C=O) groups is 1. The minimum Gasteiger partial charge on any atom is -0.496 e. The van der Waals surface area contributed by atoms with Gasteiger partial charge in [0.2, 0.25) is 0 Å². The average molecular weight is 342 g/mol. The van der Waals surface area contributed by atoms with Gasteiger partial charge in [0.15, 0.2) is 0 Å². The van der Waals surface area contributed by atoms with Crippen LogP contribution < -0.4 is 10.1 Å². The van der Waals surface area contributed by atoms with Gasteiger partial charge in [-0.05, 0) is 48.4 Å². The van der Waals surface area contributed by atoms with Gasteiger partial charge in [0.1, 0.15) is 11.6 Å². The lowest BCUT2D eigenvalue weighted by Crippen LogP contribution is -2.26. The van der Waals surface area contributed by atoms with Crippen molar-refractivity contribution in [3.8, 4) is 5.75 Å². The van der Waals surface area contributed by atoms with E-state index in [0.717, 1.165) is 11.6 Å². The van der Waals surface area contributed by atoms with E-state index in [1.165, 1.54) is 19.2 Å². The van der Waals surface area contributed by atoms with E-state index in [2.05, 4.69) is 5.32 Å². The third kappa shape index (κ3) is 4.36. The zero-order valence-electron chi connectivity index (χ0n) is 11.8. The Kier molecular flexibility index (Phi) is 5.63. The van der Waals surface area contributed by atoms with Crippen molar-refractivity contribution in [2.45, 2.75) is 6.42 Å². The van der Waals surface area contributed by atoms with Crippen LogP contribution in [-0.4, -0.2) is 19.6 Å². The average Bonchev–Trinajstić information content (AvgIpc) is 2.46. The lowest BCUT2D eigenvalue weighted by atomic mass is 10.1. The molecular formula is C16H14Cl2FNO2. The van der Waals surface area contributed by atoms with E-state index in [9.17, 15) is 9.18 Å². The highest BCUT2D eigenvalue weighted by molar-refractivity contribution is 6.34. The van der Waals surface area contributed by atoms with Gasteiger partial charge >= 0.3 is 0 Å². The molecule has 1 N–H and O–H groups in total. The van der Waals surface area contributed by atoms with E-state index in [4.69, 9.17) is 27.9 Å². The second-order valence-corrected chi connectivity index (χ2v) is 5.50. The van der Waals surface area contributed by atoms with Crippen molar-refractivity contribution in [3.63, 3.8) is 0 Å². The van der Waals surface area contributed by atoms with E-state index in [1.807, 2.05) is 0 Å². The summed E-state index contributed by atoms with van der Waals surface area (Å²) in [4.78, 5) is 12.1. The predicted molar refractivity (Wildman–Crippen MR) is 85.5 cm³/mol. The van der Waals surface area contributed by atoms with Crippen LogP contribution in [0.25, 0.3) is 0 Å². The standard InChI is InChI=1S/C16H14Cl2FNO2/c1-22-15-3-2-13(19)9-14(15)16(21)20-5-4-10-6-11(17)8-12(18)7-10/h2-3,6-9H,4-5H2,1H3,(H,20,21). The fraction of sp³-hybridized carbons (Fsp3) is 0.188. The monoisotopic (exact) mass is 341 g/mol. The van der Waals surface area contributed by atoms with Crippen LogP contribution in [0.5, 0.6) is 5.75 Å². The van der Waals surface area contributed by atoms with Gasteiger partial charge in [-0.1, -0.05) is 23.2 Å². The van der Waals surface area contributed by atoms with Crippen molar-refractivity contribution in [1.82, 2.24) is 5.32 Å². The fourth-order valence-corrected chi connectivity index (χ4v) is 2.60. The number of benzene rings is 2. The molecule has 0 heterocycles. The molecule has 0 saturated heterocycles.